The first-order chi connectivity index (χ1) is 15.8. The molecule has 33 heavy (non-hydrogen) atoms. The Bertz CT molecular complexity index is 1270. The van der Waals surface area contributed by atoms with Crippen LogP contribution in [0.4, 0.5) is 5.69 Å². The molecular formula is C26H21Cl2NO4. The van der Waals surface area contributed by atoms with Crippen LogP contribution in [0.15, 0.2) is 72.3 Å². The Balaban J connectivity index is 1.95. The Hall–Kier alpha value is -3.28. The van der Waals surface area contributed by atoms with Crippen LogP contribution in [0, 0.1) is 6.92 Å². The summed E-state index contributed by atoms with van der Waals surface area (Å²) in [5, 5.41) is 12.1. The van der Waals surface area contributed by atoms with E-state index in [0.717, 1.165) is 5.56 Å². The fraction of sp³-hybridized carbons (Fsp3) is 0.154. The molecule has 0 aromatic heterocycles. The third-order valence-electron chi connectivity index (χ3n) is 5.49. The van der Waals surface area contributed by atoms with Crippen LogP contribution in [0.5, 0.6) is 5.75 Å². The molecule has 3 aromatic carbocycles. The molecule has 0 spiro atoms. The second-order valence-corrected chi connectivity index (χ2v) is 8.43. The maximum Gasteiger partial charge on any atom is 0.300 e. The van der Waals surface area contributed by atoms with Crippen molar-refractivity contribution in [3.8, 4) is 5.75 Å². The van der Waals surface area contributed by atoms with Gasteiger partial charge in [-0.3, -0.25) is 14.5 Å². The molecule has 1 fully saturated rings. The Kier molecular flexibility index (Phi) is 6.45. The minimum atomic E-state index is -0.838. The van der Waals surface area contributed by atoms with Gasteiger partial charge in [0.05, 0.1) is 23.2 Å². The highest BCUT2D eigenvalue weighted by Crippen LogP contribution is 2.44. The van der Waals surface area contributed by atoms with Gasteiger partial charge in [0.15, 0.2) is 0 Å². The largest absolute Gasteiger partial charge is 0.507 e. The summed E-state index contributed by atoms with van der Waals surface area (Å²) in [5.41, 5.74) is 2.26. The number of aryl methyl sites for hydroxylation is 1. The van der Waals surface area contributed by atoms with Gasteiger partial charge in [0, 0.05) is 16.3 Å². The first kappa shape index (κ1) is 22.9. The molecule has 1 atom stereocenters. The highest BCUT2D eigenvalue weighted by Gasteiger charge is 2.47. The topological polar surface area (TPSA) is 66.8 Å². The fourth-order valence-corrected chi connectivity index (χ4v) is 4.28. The van der Waals surface area contributed by atoms with Crippen LogP contribution < -0.4 is 9.64 Å². The predicted molar refractivity (Wildman–Crippen MR) is 130 cm³/mol. The summed E-state index contributed by atoms with van der Waals surface area (Å²) >= 11 is 12.4. The number of rotatable bonds is 5. The van der Waals surface area contributed by atoms with E-state index < -0.39 is 17.7 Å². The Morgan fingerprint density at radius 1 is 1.03 bits per heavy atom. The van der Waals surface area contributed by atoms with Crippen LogP contribution in [-0.2, 0) is 9.59 Å². The standard InChI is InChI=1S/C26H21Cl2NO4/c1-3-33-21-13-17(10-12-19(21)28)24(30)22-23(16-7-5-4-6-8-16)29(26(32)25(22)31)20-14-18(27)11-9-15(20)2/h4-14,23,30H,3H2,1-2H3/b24-22+. The van der Waals surface area contributed by atoms with E-state index in [1.54, 1.807) is 36.4 Å². The summed E-state index contributed by atoms with van der Waals surface area (Å²) in [5.74, 6) is -1.45. The molecule has 0 radical (unpaired) electrons. The van der Waals surface area contributed by atoms with Gasteiger partial charge in [-0.15, -0.1) is 0 Å². The molecule has 0 saturated carbocycles. The van der Waals surface area contributed by atoms with Crippen molar-refractivity contribution in [1.82, 2.24) is 0 Å². The van der Waals surface area contributed by atoms with E-state index in [9.17, 15) is 14.7 Å². The van der Waals surface area contributed by atoms with Crippen molar-refractivity contribution in [1.29, 1.82) is 0 Å². The van der Waals surface area contributed by atoms with Gasteiger partial charge in [0.2, 0.25) is 0 Å². The minimum Gasteiger partial charge on any atom is -0.507 e. The number of ketones is 1. The highest BCUT2D eigenvalue weighted by atomic mass is 35.5. The van der Waals surface area contributed by atoms with Crippen molar-refractivity contribution in [2.24, 2.45) is 0 Å². The summed E-state index contributed by atoms with van der Waals surface area (Å²) in [4.78, 5) is 27.9. The number of hydrogen-bond acceptors (Lipinski definition) is 4. The van der Waals surface area contributed by atoms with E-state index >= 15 is 0 Å². The maximum absolute atomic E-state index is 13.3. The second-order valence-electron chi connectivity index (χ2n) is 7.59. The number of Topliss-reactive ketones (excluding diaryl/α,β-unsaturated/α-hetero) is 1. The smallest absolute Gasteiger partial charge is 0.300 e. The van der Waals surface area contributed by atoms with E-state index in [-0.39, 0.29) is 11.3 Å². The average molecular weight is 482 g/mol. The zero-order valence-electron chi connectivity index (χ0n) is 18.0. The van der Waals surface area contributed by atoms with Crippen LogP contribution in [0.2, 0.25) is 10.0 Å². The van der Waals surface area contributed by atoms with Crippen molar-refractivity contribution in [2.45, 2.75) is 19.9 Å². The molecule has 5 nitrogen and oxygen atoms in total. The van der Waals surface area contributed by atoms with Gasteiger partial charge in [0.1, 0.15) is 11.5 Å². The van der Waals surface area contributed by atoms with Gasteiger partial charge >= 0.3 is 0 Å². The minimum absolute atomic E-state index is 0.0182. The number of carbonyl (C=O) groups excluding carboxylic acids is 2. The summed E-state index contributed by atoms with van der Waals surface area (Å²) in [7, 11) is 0. The fourth-order valence-electron chi connectivity index (χ4n) is 3.95. The van der Waals surface area contributed by atoms with Gasteiger partial charge in [-0.25, -0.2) is 0 Å². The monoisotopic (exact) mass is 481 g/mol. The molecule has 1 amide bonds. The van der Waals surface area contributed by atoms with Gasteiger partial charge in [-0.05, 0) is 55.3 Å². The zero-order valence-corrected chi connectivity index (χ0v) is 19.5. The first-order valence-electron chi connectivity index (χ1n) is 10.4. The van der Waals surface area contributed by atoms with Crippen molar-refractivity contribution >= 4 is 46.3 Å². The lowest BCUT2D eigenvalue weighted by atomic mass is 9.95. The van der Waals surface area contributed by atoms with Gasteiger partial charge < -0.3 is 9.84 Å². The number of anilines is 1. The van der Waals surface area contributed by atoms with Crippen molar-refractivity contribution < 1.29 is 19.4 Å². The number of carbonyl (C=O) groups is 2. The number of halogens is 2. The lowest BCUT2D eigenvalue weighted by molar-refractivity contribution is -0.132. The van der Waals surface area contributed by atoms with Crippen molar-refractivity contribution in [3.63, 3.8) is 0 Å². The molecule has 1 aliphatic heterocycles. The van der Waals surface area contributed by atoms with E-state index in [2.05, 4.69) is 0 Å². The van der Waals surface area contributed by atoms with Crippen molar-refractivity contribution in [3.05, 3.63) is 99.0 Å². The molecule has 1 saturated heterocycles. The van der Waals surface area contributed by atoms with Crippen LogP contribution in [0.25, 0.3) is 5.76 Å². The Morgan fingerprint density at radius 3 is 2.45 bits per heavy atom. The zero-order chi connectivity index (χ0) is 23.7. The molecule has 1 aliphatic rings. The molecule has 4 rings (SSSR count). The SMILES string of the molecule is CCOc1cc(/C(O)=C2\C(=O)C(=O)N(c3cc(Cl)ccc3C)C2c2ccccc2)ccc1Cl. The van der Waals surface area contributed by atoms with E-state index in [4.69, 9.17) is 27.9 Å². The lowest BCUT2D eigenvalue weighted by Gasteiger charge is -2.27. The third kappa shape index (κ3) is 4.22. The van der Waals surface area contributed by atoms with Gasteiger partial charge in [-0.1, -0.05) is 59.6 Å². The Morgan fingerprint density at radius 2 is 1.76 bits per heavy atom. The van der Waals surface area contributed by atoms with E-state index in [0.29, 0.717) is 39.2 Å². The number of aliphatic hydroxyl groups excluding tert-OH is 1. The van der Waals surface area contributed by atoms with E-state index in [1.807, 2.05) is 44.2 Å². The number of amides is 1. The van der Waals surface area contributed by atoms with E-state index in [1.165, 1.54) is 4.90 Å². The molecule has 7 heteroatoms. The average Bonchev–Trinajstić information content (AvgIpc) is 3.07. The summed E-state index contributed by atoms with van der Waals surface area (Å²) in [6, 6.07) is 18.1. The molecular weight excluding hydrogens is 461 g/mol. The molecule has 1 unspecified atom stereocenters. The lowest BCUT2D eigenvalue weighted by Crippen LogP contribution is -2.30. The summed E-state index contributed by atoms with van der Waals surface area (Å²) in [6.45, 7) is 4.03. The van der Waals surface area contributed by atoms with Crippen molar-refractivity contribution in [2.75, 3.05) is 11.5 Å². The van der Waals surface area contributed by atoms with Crippen LogP contribution in [-0.4, -0.2) is 23.4 Å². The summed E-state index contributed by atoms with van der Waals surface area (Å²) in [6.07, 6.45) is 0. The highest BCUT2D eigenvalue weighted by molar-refractivity contribution is 6.52. The normalized spacial score (nSPS) is 17.5. The molecule has 0 aliphatic carbocycles. The number of aliphatic hydroxyl groups is 1. The predicted octanol–water partition coefficient (Wildman–Crippen LogP) is 6.33. The maximum atomic E-state index is 13.3. The molecule has 3 aromatic rings. The Labute approximate surface area is 201 Å². The van der Waals surface area contributed by atoms with Crippen LogP contribution >= 0.6 is 23.2 Å². The number of ether oxygens (including phenoxy) is 1. The van der Waals surface area contributed by atoms with Crippen LogP contribution in [0.1, 0.15) is 29.7 Å². The molecule has 1 N–H and O–H groups in total. The number of nitrogens with zero attached hydrogens (tertiary/aromatic N) is 1. The second kappa shape index (κ2) is 9.30. The quantitative estimate of drug-likeness (QED) is 0.262. The number of hydrogen-bond donors (Lipinski definition) is 1. The van der Waals surface area contributed by atoms with Gasteiger partial charge in [-0.2, -0.15) is 0 Å². The number of benzene rings is 3. The first-order valence-corrected chi connectivity index (χ1v) is 11.1. The molecule has 1 heterocycles. The van der Waals surface area contributed by atoms with Gasteiger partial charge in [0.25, 0.3) is 11.7 Å². The molecule has 0 bridgehead atoms. The third-order valence-corrected chi connectivity index (χ3v) is 6.04. The molecule has 168 valence electrons. The summed E-state index contributed by atoms with van der Waals surface area (Å²) < 4.78 is 5.53. The van der Waals surface area contributed by atoms with Crippen LogP contribution in [0.3, 0.4) is 0 Å².